The highest BCUT2D eigenvalue weighted by Gasteiger charge is 2.06. The van der Waals surface area contributed by atoms with Crippen LogP contribution in [0.2, 0.25) is 0 Å². The molecule has 0 atom stereocenters. The number of carbonyl (C=O) groups excluding carboxylic acids is 1. The van der Waals surface area contributed by atoms with Gasteiger partial charge in [-0.05, 0) is 23.8 Å². The summed E-state index contributed by atoms with van der Waals surface area (Å²) in [5.74, 6) is -1.09. The molecule has 1 rings (SSSR count). The van der Waals surface area contributed by atoms with Crippen LogP contribution in [0.3, 0.4) is 0 Å². The van der Waals surface area contributed by atoms with Crippen molar-refractivity contribution in [1.82, 2.24) is 5.32 Å². The molecule has 3 N–H and O–H groups in total. The van der Waals surface area contributed by atoms with Crippen LogP contribution >= 0.6 is 0 Å². The highest BCUT2D eigenvalue weighted by atomic mass is 19.3. The minimum absolute atomic E-state index is 0.374. The van der Waals surface area contributed by atoms with Gasteiger partial charge in [-0.3, -0.25) is 0 Å². The van der Waals surface area contributed by atoms with Crippen LogP contribution in [0.15, 0.2) is 30.3 Å². The number of nitrogens with one attached hydrogen (secondary N) is 2. The zero-order valence-corrected chi connectivity index (χ0v) is 9.77. The van der Waals surface area contributed by atoms with Crippen molar-refractivity contribution in [3.05, 3.63) is 35.9 Å². The van der Waals surface area contributed by atoms with Gasteiger partial charge >= 0.3 is 12.0 Å². The van der Waals surface area contributed by atoms with Gasteiger partial charge < -0.3 is 15.7 Å². The lowest BCUT2D eigenvalue weighted by molar-refractivity contribution is -0.131. The van der Waals surface area contributed by atoms with Crippen LogP contribution < -0.4 is 10.6 Å². The molecule has 0 radical (unpaired) electrons. The summed E-state index contributed by atoms with van der Waals surface area (Å²) in [5.41, 5.74) is 0.938. The van der Waals surface area contributed by atoms with Gasteiger partial charge in [0.15, 0.2) is 0 Å². The Morgan fingerprint density at radius 3 is 2.74 bits per heavy atom. The number of benzene rings is 1. The molecule has 0 aromatic heterocycles. The number of alkyl halides is 2. The number of amides is 2. The van der Waals surface area contributed by atoms with Crippen LogP contribution in [-0.4, -0.2) is 30.1 Å². The van der Waals surface area contributed by atoms with Gasteiger partial charge in [-0.25, -0.2) is 18.4 Å². The molecule has 0 aliphatic carbocycles. The first-order chi connectivity index (χ1) is 8.97. The predicted molar refractivity (Wildman–Crippen MR) is 66.1 cm³/mol. The van der Waals surface area contributed by atoms with Crippen LogP contribution in [0.1, 0.15) is 5.56 Å². The highest BCUT2D eigenvalue weighted by Crippen LogP contribution is 2.11. The Morgan fingerprint density at radius 1 is 1.37 bits per heavy atom. The lowest BCUT2D eigenvalue weighted by Crippen LogP contribution is -2.32. The summed E-state index contributed by atoms with van der Waals surface area (Å²) in [5, 5.41) is 12.8. The van der Waals surface area contributed by atoms with E-state index in [9.17, 15) is 18.4 Å². The van der Waals surface area contributed by atoms with Gasteiger partial charge in [0, 0.05) is 11.8 Å². The highest BCUT2D eigenvalue weighted by molar-refractivity contribution is 5.90. The van der Waals surface area contributed by atoms with Crippen LogP contribution in [0, 0.1) is 0 Å². The van der Waals surface area contributed by atoms with Crippen LogP contribution in [-0.2, 0) is 4.79 Å². The standard InChI is InChI=1S/C12H12F2N2O3/c13-10(14)7-15-12(19)16-9-3-1-2-8(6-9)4-5-11(17)18/h1-6,10H,7H2,(H,17,18)(H2,15,16,19)/b5-4+. The SMILES string of the molecule is O=C(O)/C=C/c1cccc(NC(=O)NCC(F)F)c1. The van der Waals surface area contributed by atoms with Gasteiger partial charge in [-0.1, -0.05) is 12.1 Å². The van der Waals surface area contributed by atoms with Gasteiger partial charge in [0.25, 0.3) is 6.43 Å². The number of halogens is 2. The summed E-state index contributed by atoms with van der Waals surface area (Å²) in [6.07, 6.45) is -0.309. The van der Waals surface area contributed by atoms with Crippen molar-refractivity contribution >= 4 is 23.8 Å². The molecule has 2 amide bonds. The largest absolute Gasteiger partial charge is 0.478 e. The molecule has 1 aromatic rings. The van der Waals surface area contributed by atoms with Gasteiger partial charge in [0.2, 0.25) is 0 Å². The molecule has 0 aliphatic heterocycles. The number of aliphatic carboxylic acids is 1. The monoisotopic (exact) mass is 270 g/mol. The molecule has 0 unspecified atom stereocenters. The predicted octanol–water partition coefficient (Wildman–Crippen LogP) is 2.17. The second-order valence-electron chi connectivity index (χ2n) is 3.52. The second kappa shape index (κ2) is 7.10. The molecule has 1 aromatic carbocycles. The van der Waals surface area contributed by atoms with Crippen LogP contribution in [0.5, 0.6) is 0 Å². The number of carboxylic acid groups (broad SMARTS) is 1. The van der Waals surface area contributed by atoms with E-state index in [4.69, 9.17) is 5.11 Å². The molecule has 0 fully saturated rings. The summed E-state index contributed by atoms with van der Waals surface area (Å²) in [7, 11) is 0. The summed E-state index contributed by atoms with van der Waals surface area (Å²) < 4.78 is 23.7. The third-order valence-electron chi connectivity index (χ3n) is 1.98. The number of carbonyl (C=O) groups is 2. The molecule has 0 aliphatic rings. The maximum absolute atomic E-state index is 11.9. The van der Waals surface area contributed by atoms with Crippen molar-refractivity contribution in [2.75, 3.05) is 11.9 Å². The topological polar surface area (TPSA) is 78.4 Å². The molecule has 0 saturated heterocycles. The maximum Gasteiger partial charge on any atom is 0.328 e. The van der Waals surface area contributed by atoms with Crippen molar-refractivity contribution in [3.8, 4) is 0 Å². The molecule has 102 valence electrons. The maximum atomic E-state index is 11.9. The minimum atomic E-state index is -2.62. The molecule has 5 nitrogen and oxygen atoms in total. The number of anilines is 1. The zero-order valence-electron chi connectivity index (χ0n) is 9.77. The van der Waals surface area contributed by atoms with Crippen molar-refractivity contribution in [3.63, 3.8) is 0 Å². The lowest BCUT2D eigenvalue weighted by atomic mass is 10.2. The number of carboxylic acids is 1. The zero-order chi connectivity index (χ0) is 14.3. The van der Waals surface area contributed by atoms with E-state index in [2.05, 4.69) is 5.32 Å². The second-order valence-corrected chi connectivity index (χ2v) is 3.52. The summed E-state index contributed by atoms with van der Waals surface area (Å²) in [6, 6.07) is 5.56. The van der Waals surface area contributed by atoms with Crippen molar-refractivity contribution in [2.24, 2.45) is 0 Å². The normalized spacial score (nSPS) is 10.7. The molecule has 0 saturated carbocycles. The van der Waals surface area contributed by atoms with Crippen LogP contribution in [0.25, 0.3) is 6.08 Å². The van der Waals surface area contributed by atoms with Gasteiger partial charge in [0.1, 0.15) is 0 Å². The first-order valence-corrected chi connectivity index (χ1v) is 5.31. The smallest absolute Gasteiger partial charge is 0.328 e. The molecular weight excluding hydrogens is 258 g/mol. The molecular formula is C12H12F2N2O3. The Bertz CT molecular complexity index is 490. The first kappa shape index (κ1) is 14.6. The minimum Gasteiger partial charge on any atom is -0.478 e. The average Bonchev–Trinajstić information content (AvgIpc) is 2.34. The Labute approximate surface area is 107 Å². The Hall–Kier alpha value is -2.44. The summed E-state index contributed by atoms with van der Waals surface area (Å²) >= 11 is 0. The van der Waals surface area contributed by atoms with Gasteiger partial charge in [-0.2, -0.15) is 0 Å². The van der Waals surface area contributed by atoms with E-state index in [1.54, 1.807) is 18.2 Å². The van der Waals surface area contributed by atoms with E-state index in [-0.39, 0.29) is 0 Å². The van der Waals surface area contributed by atoms with E-state index < -0.39 is 25.0 Å². The first-order valence-electron chi connectivity index (χ1n) is 5.31. The van der Waals surface area contributed by atoms with E-state index in [0.29, 0.717) is 11.3 Å². The number of urea groups is 1. The fraction of sp³-hybridized carbons (Fsp3) is 0.167. The van der Waals surface area contributed by atoms with Crippen molar-refractivity contribution in [2.45, 2.75) is 6.43 Å². The Balaban J connectivity index is 2.61. The number of hydrogen-bond acceptors (Lipinski definition) is 2. The quantitative estimate of drug-likeness (QED) is 0.717. The number of rotatable bonds is 5. The van der Waals surface area contributed by atoms with E-state index >= 15 is 0 Å². The number of hydrogen-bond donors (Lipinski definition) is 3. The molecule has 0 bridgehead atoms. The van der Waals surface area contributed by atoms with Crippen molar-refractivity contribution in [1.29, 1.82) is 0 Å². The van der Waals surface area contributed by atoms with E-state index in [1.165, 1.54) is 12.1 Å². The molecule has 0 spiro atoms. The molecule has 0 heterocycles. The Morgan fingerprint density at radius 2 is 2.11 bits per heavy atom. The fourth-order valence-corrected chi connectivity index (χ4v) is 1.23. The molecule has 19 heavy (non-hydrogen) atoms. The third kappa shape index (κ3) is 6.16. The van der Waals surface area contributed by atoms with E-state index in [1.807, 2.05) is 5.32 Å². The average molecular weight is 270 g/mol. The lowest BCUT2D eigenvalue weighted by Gasteiger charge is -2.07. The van der Waals surface area contributed by atoms with Gasteiger partial charge in [-0.15, -0.1) is 0 Å². The third-order valence-corrected chi connectivity index (χ3v) is 1.98. The summed E-state index contributed by atoms with van der Waals surface area (Å²) in [6.45, 7) is -0.732. The van der Waals surface area contributed by atoms with Crippen molar-refractivity contribution < 1.29 is 23.5 Å². The summed E-state index contributed by atoms with van der Waals surface area (Å²) in [4.78, 5) is 21.6. The fourth-order valence-electron chi connectivity index (χ4n) is 1.23. The molecule has 7 heteroatoms. The van der Waals surface area contributed by atoms with Gasteiger partial charge in [0.05, 0.1) is 6.54 Å². The Kier molecular flexibility index (Phi) is 5.46. The van der Waals surface area contributed by atoms with Crippen LogP contribution in [0.4, 0.5) is 19.3 Å². The van der Waals surface area contributed by atoms with E-state index in [0.717, 1.165) is 6.08 Å².